The van der Waals surface area contributed by atoms with Crippen LogP contribution >= 0.6 is 0 Å². The molecule has 0 saturated heterocycles. The van der Waals surface area contributed by atoms with Gasteiger partial charge in [0.25, 0.3) is 5.91 Å². The number of anilines is 1. The Kier molecular flexibility index (Phi) is 5.09. The van der Waals surface area contributed by atoms with Crippen molar-refractivity contribution >= 4 is 11.6 Å². The molecule has 0 aliphatic carbocycles. The SMILES string of the molecule is Cc1cccc(NC(=O)COc2ccc(C(C)(C)C)cc2)c1C. The van der Waals surface area contributed by atoms with Gasteiger partial charge in [0.1, 0.15) is 5.75 Å². The molecule has 0 radical (unpaired) electrons. The van der Waals surface area contributed by atoms with Gasteiger partial charge in [0.15, 0.2) is 6.61 Å². The molecule has 0 unspecified atom stereocenters. The zero-order chi connectivity index (χ0) is 17.0. The van der Waals surface area contributed by atoms with Gasteiger partial charge in [-0.2, -0.15) is 0 Å². The van der Waals surface area contributed by atoms with Gasteiger partial charge in [0.05, 0.1) is 0 Å². The zero-order valence-corrected chi connectivity index (χ0v) is 14.6. The number of amides is 1. The fourth-order valence-corrected chi connectivity index (χ4v) is 2.27. The molecule has 122 valence electrons. The maximum Gasteiger partial charge on any atom is 0.262 e. The molecule has 23 heavy (non-hydrogen) atoms. The molecule has 2 rings (SSSR count). The highest BCUT2D eigenvalue weighted by molar-refractivity contribution is 5.92. The van der Waals surface area contributed by atoms with Crippen molar-refractivity contribution in [3.63, 3.8) is 0 Å². The highest BCUT2D eigenvalue weighted by atomic mass is 16.5. The minimum absolute atomic E-state index is 0.00223. The summed E-state index contributed by atoms with van der Waals surface area (Å²) in [6.07, 6.45) is 0. The highest BCUT2D eigenvalue weighted by Crippen LogP contribution is 2.24. The fourth-order valence-electron chi connectivity index (χ4n) is 2.27. The molecule has 2 aromatic carbocycles. The van der Waals surface area contributed by atoms with E-state index >= 15 is 0 Å². The molecule has 0 aliphatic rings. The van der Waals surface area contributed by atoms with Gasteiger partial charge in [-0.1, -0.05) is 45.0 Å². The van der Waals surface area contributed by atoms with Crippen molar-refractivity contribution in [2.45, 2.75) is 40.0 Å². The first-order valence-corrected chi connectivity index (χ1v) is 7.87. The van der Waals surface area contributed by atoms with Crippen LogP contribution in [0, 0.1) is 13.8 Å². The van der Waals surface area contributed by atoms with Crippen molar-refractivity contribution in [1.29, 1.82) is 0 Å². The number of carbonyl (C=O) groups excluding carboxylic acids is 1. The predicted molar refractivity (Wildman–Crippen MR) is 95.2 cm³/mol. The summed E-state index contributed by atoms with van der Waals surface area (Å²) >= 11 is 0. The first-order valence-electron chi connectivity index (χ1n) is 7.87. The second-order valence-electron chi connectivity index (χ2n) is 6.86. The number of aryl methyl sites for hydroxylation is 1. The number of nitrogens with one attached hydrogen (secondary N) is 1. The van der Waals surface area contributed by atoms with Crippen LogP contribution < -0.4 is 10.1 Å². The normalized spacial score (nSPS) is 11.2. The molecule has 3 heteroatoms. The predicted octanol–water partition coefficient (Wildman–Crippen LogP) is 4.62. The Morgan fingerprint density at radius 2 is 1.70 bits per heavy atom. The summed E-state index contributed by atoms with van der Waals surface area (Å²) in [6.45, 7) is 10.5. The van der Waals surface area contributed by atoms with Crippen LogP contribution in [-0.2, 0) is 10.2 Å². The van der Waals surface area contributed by atoms with Gasteiger partial charge >= 0.3 is 0 Å². The van der Waals surface area contributed by atoms with E-state index in [4.69, 9.17) is 4.74 Å². The lowest BCUT2D eigenvalue weighted by Gasteiger charge is -2.19. The molecule has 3 nitrogen and oxygen atoms in total. The molecular formula is C20H25NO2. The van der Waals surface area contributed by atoms with Gasteiger partial charge in [-0.25, -0.2) is 0 Å². The average Bonchev–Trinajstić information content (AvgIpc) is 2.49. The lowest BCUT2D eigenvalue weighted by Crippen LogP contribution is -2.20. The molecule has 2 aromatic rings. The summed E-state index contributed by atoms with van der Waals surface area (Å²) in [7, 11) is 0. The Morgan fingerprint density at radius 1 is 1.04 bits per heavy atom. The van der Waals surface area contributed by atoms with Gasteiger partial charge in [0.2, 0.25) is 0 Å². The fraction of sp³-hybridized carbons (Fsp3) is 0.350. The molecule has 1 N–H and O–H groups in total. The first kappa shape index (κ1) is 17.1. The molecule has 0 saturated carbocycles. The van der Waals surface area contributed by atoms with Crippen LogP contribution in [0.5, 0.6) is 5.75 Å². The van der Waals surface area contributed by atoms with Crippen LogP contribution in [0.4, 0.5) is 5.69 Å². The van der Waals surface area contributed by atoms with E-state index in [2.05, 4.69) is 26.1 Å². The molecular weight excluding hydrogens is 286 g/mol. The van der Waals surface area contributed by atoms with Crippen molar-refractivity contribution in [3.8, 4) is 5.75 Å². The van der Waals surface area contributed by atoms with Crippen molar-refractivity contribution in [3.05, 3.63) is 59.2 Å². The van der Waals surface area contributed by atoms with Crippen molar-refractivity contribution in [1.82, 2.24) is 0 Å². The monoisotopic (exact) mass is 311 g/mol. The molecule has 0 atom stereocenters. The van der Waals surface area contributed by atoms with Crippen LogP contribution in [0.3, 0.4) is 0 Å². The topological polar surface area (TPSA) is 38.3 Å². The lowest BCUT2D eigenvalue weighted by atomic mass is 9.87. The second-order valence-corrected chi connectivity index (χ2v) is 6.86. The maximum absolute atomic E-state index is 12.0. The van der Waals surface area contributed by atoms with E-state index in [1.54, 1.807) is 0 Å². The van der Waals surface area contributed by atoms with E-state index < -0.39 is 0 Å². The summed E-state index contributed by atoms with van der Waals surface area (Å²) in [5.41, 5.74) is 4.42. The van der Waals surface area contributed by atoms with Crippen LogP contribution in [0.1, 0.15) is 37.5 Å². The number of hydrogen-bond donors (Lipinski definition) is 1. The van der Waals surface area contributed by atoms with E-state index in [1.807, 2.05) is 56.3 Å². The van der Waals surface area contributed by atoms with Crippen molar-refractivity contribution < 1.29 is 9.53 Å². The van der Waals surface area contributed by atoms with E-state index in [0.29, 0.717) is 5.75 Å². The maximum atomic E-state index is 12.0. The number of carbonyl (C=O) groups is 1. The Balaban J connectivity index is 1.93. The number of hydrogen-bond acceptors (Lipinski definition) is 2. The third kappa shape index (κ3) is 4.59. The number of rotatable bonds is 4. The molecule has 1 amide bonds. The third-order valence-corrected chi connectivity index (χ3v) is 3.97. The minimum Gasteiger partial charge on any atom is -0.484 e. The standard InChI is InChI=1S/C20H25NO2/c1-14-7-6-8-18(15(14)2)21-19(22)13-23-17-11-9-16(10-12-17)20(3,4)5/h6-12H,13H2,1-5H3,(H,21,22). The minimum atomic E-state index is -0.154. The first-order chi connectivity index (χ1) is 10.8. The van der Waals surface area contributed by atoms with E-state index in [1.165, 1.54) is 5.56 Å². The summed E-state index contributed by atoms with van der Waals surface area (Å²) in [6, 6.07) is 13.8. The quantitative estimate of drug-likeness (QED) is 0.895. The number of benzene rings is 2. The molecule has 0 fully saturated rings. The van der Waals surface area contributed by atoms with E-state index in [9.17, 15) is 4.79 Å². The van der Waals surface area contributed by atoms with Gasteiger partial charge < -0.3 is 10.1 Å². The molecule has 0 bridgehead atoms. The van der Waals surface area contributed by atoms with Gasteiger partial charge in [0, 0.05) is 5.69 Å². The summed E-state index contributed by atoms with van der Waals surface area (Å²) in [4.78, 5) is 12.0. The van der Waals surface area contributed by atoms with Crippen LogP contribution in [0.15, 0.2) is 42.5 Å². The van der Waals surface area contributed by atoms with Crippen LogP contribution in [0.25, 0.3) is 0 Å². The highest BCUT2D eigenvalue weighted by Gasteiger charge is 2.13. The zero-order valence-electron chi connectivity index (χ0n) is 14.6. The molecule has 0 spiro atoms. The summed E-state index contributed by atoms with van der Waals surface area (Å²) < 4.78 is 5.57. The van der Waals surface area contributed by atoms with Crippen molar-refractivity contribution in [2.24, 2.45) is 0 Å². The Labute approximate surface area is 138 Å². The second kappa shape index (κ2) is 6.86. The summed E-state index contributed by atoms with van der Waals surface area (Å²) in [5.74, 6) is 0.549. The van der Waals surface area contributed by atoms with Gasteiger partial charge in [-0.05, 0) is 54.2 Å². The molecule has 0 heterocycles. The van der Waals surface area contributed by atoms with Gasteiger partial charge in [-0.15, -0.1) is 0 Å². The number of ether oxygens (including phenoxy) is 1. The third-order valence-electron chi connectivity index (χ3n) is 3.97. The lowest BCUT2D eigenvalue weighted by molar-refractivity contribution is -0.118. The van der Waals surface area contributed by atoms with Crippen molar-refractivity contribution in [2.75, 3.05) is 11.9 Å². The van der Waals surface area contributed by atoms with Gasteiger partial charge in [-0.3, -0.25) is 4.79 Å². The van der Waals surface area contributed by atoms with E-state index in [0.717, 1.165) is 16.8 Å². The van der Waals surface area contributed by atoms with E-state index in [-0.39, 0.29) is 17.9 Å². The smallest absolute Gasteiger partial charge is 0.262 e. The largest absolute Gasteiger partial charge is 0.484 e. The summed E-state index contributed by atoms with van der Waals surface area (Å²) in [5, 5.41) is 2.89. The Bertz CT molecular complexity index is 682. The Morgan fingerprint density at radius 3 is 2.30 bits per heavy atom. The van der Waals surface area contributed by atoms with Crippen LogP contribution in [0.2, 0.25) is 0 Å². The molecule has 0 aromatic heterocycles. The Hall–Kier alpha value is -2.29. The molecule has 0 aliphatic heterocycles. The van der Waals surface area contributed by atoms with Crippen LogP contribution in [-0.4, -0.2) is 12.5 Å². The average molecular weight is 311 g/mol.